The normalized spacial score (nSPS) is 13.8. The Morgan fingerprint density at radius 3 is 2.38 bits per heavy atom. The van der Waals surface area contributed by atoms with Gasteiger partial charge in [0.05, 0.1) is 0 Å². The lowest BCUT2D eigenvalue weighted by molar-refractivity contribution is -0.267. The fourth-order valence-corrected chi connectivity index (χ4v) is 2.06. The van der Waals surface area contributed by atoms with Crippen molar-refractivity contribution < 1.29 is 20.0 Å². The maximum absolute atomic E-state index is 10.3. The fourth-order valence-electron chi connectivity index (χ4n) is 2.06. The molecule has 2 N–H and O–H groups in total. The van der Waals surface area contributed by atoms with Gasteiger partial charge < -0.3 is 5.11 Å². The van der Waals surface area contributed by atoms with E-state index in [1.165, 1.54) is 0 Å². The molecule has 0 aromatic heterocycles. The predicted octanol–water partition coefficient (Wildman–Crippen LogP) is 5.68. The van der Waals surface area contributed by atoms with Gasteiger partial charge in [-0.3, -0.25) is 10.1 Å². The van der Waals surface area contributed by atoms with Gasteiger partial charge in [0.25, 0.3) is 0 Å². The van der Waals surface area contributed by atoms with Crippen LogP contribution >= 0.6 is 0 Å². The summed E-state index contributed by atoms with van der Waals surface area (Å²) in [4.78, 5) is 14.8. The predicted molar refractivity (Wildman–Crippen MR) is 98.9 cm³/mol. The largest absolute Gasteiger partial charge is 0.481 e. The first-order valence-electron chi connectivity index (χ1n) is 8.86. The second-order valence-corrected chi connectivity index (χ2v) is 5.65. The average molecular weight is 336 g/mol. The van der Waals surface area contributed by atoms with Crippen LogP contribution in [0.1, 0.15) is 64.7 Å². The highest BCUT2D eigenvalue weighted by Crippen LogP contribution is 2.07. The summed E-state index contributed by atoms with van der Waals surface area (Å²) >= 11 is 0. The van der Waals surface area contributed by atoms with E-state index in [4.69, 9.17) is 10.4 Å². The van der Waals surface area contributed by atoms with E-state index in [1.807, 2.05) is 30.4 Å². The average Bonchev–Trinajstić information content (AvgIpc) is 2.57. The van der Waals surface area contributed by atoms with Gasteiger partial charge in [0.1, 0.15) is 6.10 Å². The number of carboxylic acid groups (broad SMARTS) is 1. The summed E-state index contributed by atoms with van der Waals surface area (Å²) in [6, 6.07) is 0. The van der Waals surface area contributed by atoms with Crippen LogP contribution in [0.5, 0.6) is 0 Å². The molecule has 0 aromatic carbocycles. The third-order valence-electron chi connectivity index (χ3n) is 3.44. The molecule has 0 aliphatic heterocycles. The minimum absolute atomic E-state index is 0.219. The zero-order valence-electron chi connectivity index (χ0n) is 14.8. The van der Waals surface area contributed by atoms with Crippen LogP contribution < -0.4 is 0 Å². The van der Waals surface area contributed by atoms with E-state index in [1.54, 1.807) is 0 Å². The van der Waals surface area contributed by atoms with Gasteiger partial charge in [0.15, 0.2) is 0 Å². The van der Waals surface area contributed by atoms with Crippen molar-refractivity contribution in [3.8, 4) is 0 Å². The van der Waals surface area contributed by atoms with E-state index in [0.29, 0.717) is 6.42 Å². The minimum atomic E-state index is -0.734. The Morgan fingerprint density at radius 1 is 1.00 bits per heavy atom. The summed E-state index contributed by atoms with van der Waals surface area (Å²) in [5, 5.41) is 17.3. The van der Waals surface area contributed by atoms with E-state index in [-0.39, 0.29) is 12.5 Å². The topological polar surface area (TPSA) is 66.8 Å². The molecule has 24 heavy (non-hydrogen) atoms. The third-order valence-corrected chi connectivity index (χ3v) is 3.44. The third kappa shape index (κ3) is 16.7. The molecule has 0 fully saturated rings. The zero-order valence-corrected chi connectivity index (χ0v) is 14.8. The number of hydrogen-bond donors (Lipinski definition) is 2. The number of hydrogen-bond acceptors (Lipinski definition) is 3. The van der Waals surface area contributed by atoms with Gasteiger partial charge in [-0.15, -0.1) is 0 Å². The van der Waals surface area contributed by atoms with E-state index in [2.05, 4.69) is 30.0 Å². The first kappa shape index (κ1) is 22.4. The molecule has 0 saturated heterocycles. The van der Waals surface area contributed by atoms with Gasteiger partial charge in [-0.1, -0.05) is 74.8 Å². The standard InChI is InChI=1S/C20H32O4/c1-2-3-13-16-19(24-23)17-14-11-9-7-5-4-6-8-10-12-15-18-20(21)22/h4-5,8-11,14,17,19,23H,2-3,6-7,12-13,15-16,18H2,1H3,(H,21,22)/t19-/m0/s1. The van der Waals surface area contributed by atoms with Crippen molar-refractivity contribution in [2.45, 2.75) is 70.8 Å². The number of carbonyl (C=O) groups is 1. The highest BCUT2D eigenvalue weighted by molar-refractivity contribution is 5.66. The Labute approximate surface area is 146 Å². The summed E-state index contributed by atoms with van der Waals surface area (Å²) < 4.78 is 0. The summed E-state index contributed by atoms with van der Waals surface area (Å²) in [6.07, 6.45) is 23.5. The molecule has 0 spiro atoms. The summed E-state index contributed by atoms with van der Waals surface area (Å²) in [5.74, 6) is -0.734. The SMILES string of the molecule is CCCCC[C@@H](C=CC=CCC=CCC=CCCCC(=O)O)OO. The lowest BCUT2D eigenvalue weighted by Gasteiger charge is -2.07. The minimum Gasteiger partial charge on any atom is -0.481 e. The highest BCUT2D eigenvalue weighted by atomic mass is 17.1. The molecule has 0 radical (unpaired) electrons. The maximum Gasteiger partial charge on any atom is 0.303 e. The Balaban J connectivity index is 3.70. The van der Waals surface area contributed by atoms with Gasteiger partial charge in [-0.05, 0) is 32.1 Å². The van der Waals surface area contributed by atoms with Crippen molar-refractivity contribution >= 4 is 5.97 Å². The van der Waals surface area contributed by atoms with Gasteiger partial charge in [-0.2, -0.15) is 0 Å². The van der Waals surface area contributed by atoms with Crippen molar-refractivity contribution in [1.82, 2.24) is 0 Å². The number of carboxylic acids is 1. The number of allylic oxidation sites excluding steroid dienone is 7. The fraction of sp³-hybridized carbons (Fsp3) is 0.550. The van der Waals surface area contributed by atoms with Crippen molar-refractivity contribution in [3.05, 3.63) is 48.6 Å². The van der Waals surface area contributed by atoms with Crippen LogP contribution in [0.4, 0.5) is 0 Å². The molecule has 0 aliphatic rings. The summed E-state index contributed by atoms with van der Waals surface area (Å²) in [5.41, 5.74) is 0. The Hall–Kier alpha value is -1.65. The molecule has 0 rings (SSSR count). The van der Waals surface area contributed by atoms with Crippen LogP contribution in [-0.4, -0.2) is 22.4 Å². The molecule has 0 saturated carbocycles. The van der Waals surface area contributed by atoms with Gasteiger partial charge in [0.2, 0.25) is 0 Å². The molecule has 1 atom stereocenters. The lowest BCUT2D eigenvalue weighted by atomic mass is 10.1. The van der Waals surface area contributed by atoms with Crippen LogP contribution in [0, 0.1) is 0 Å². The van der Waals surface area contributed by atoms with E-state index < -0.39 is 5.97 Å². The molecule has 0 unspecified atom stereocenters. The molecular formula is C20H32O4. The second-order valence-electron chi connectivity index (χ2n) is 5.65. The molecular weight excluding hydrogens is 304 g/mol. The molecule has 0 amide bonds. The van der Waals surface area contributed by atoms with Crippen molar-refractivity contribution in [3.63, 3.8) is 0 Å². The summed E-state index contributed by atoms with van der Waals surface area (Å²) in [6.45, 7) is 2.15. The van der Waals surface area contributed by atoms with E-state index >= 15 is 0 Å². The molecule has 0 bridgehead atoms. The van der Waals surface area contributed by atoms with Crippen LogP contribution in [0.25, 0.3) is 0 Å². The Morgan fingerprint density at radius 2 is 1.71 bits per heavy atom. The van der Waals surface area contributed by atoms with Gasteiger partial charge in [0, 0.05) is 6.42 Å². The molecule has 136 valence electrons. The first-order valence-corrected chi connectivity index (χ1v) is 8.86. The number of rotatable bonds is 15. The smallest absolute Gasteiger partial charge is 0.303 e. The lowest BCUT2D eigenvalue weighted by Crippen LogP contribution is -2.06. The Kier molecular flexibility index (Phi) is 16.5. The molecule has 0 heterocycles. The van der Waals surface area contributed by atoms with Crippen LogP contribution in [0.2, 0.25) is 0 Å². The highest BCUT2D eigenvalue weighted by Gasteiger charge is 2.02. The molecule has 4 heteroatoms. The monoisotopic (exact) mass is 336 g/mol. The quantitative estimate of drug-likeness (QED) is 0.133. The number of aliphatic carboxylic acids is 1. The van der Waals surface area contributed by atoms with Crippen molar-refractivity contribution in [2.75, 3.05) is 0 Å². The van der Waals surface area contributed by atoms with Crippen LogP contribution in [-0.2, 0) is 9.68 Å². The second kappa shape index (κ2) is 17.7. The van der Waals surface area contributed by atoms with Crippen LogP contribution in [0.15, 0.2) is 48.6 Å². The summed E-state index contributed by atoms with van der Waals surface area (Å²) in [7, 11) is 0. The zero-order chi connectivity index (χ0) is 17.9. The number of unbranched alkanes of at least 4 members (excludes halogenated alkanes) is 3. The van der Waals surface area contributed by atoms with E-state index in [0.717, 1.165) is 44.9 Å². The molecule has 4 nitrogen and oxygen atoms in total. The van der Waals surface area contributed by atoms with Crippen molar-refractivity contribution in [1.29, 1.82) is 0 Å². The van der Waals surface area contributed by atoms with E-state index in [9.17, 15) is 4.79 Å². The molecule has 0 aromatic rings. The Bertz CT molecular complexity index is 408. The van der Waals surface area contributed by atoms with Crippen LogP contribution in [0.3, 0.4) is 0 Å². The van der Waals surface area contributed by atoms with Gasteiger partial charge >= 0.3 is 5.97 Å². The maximum atomic E-state index is 10.3. The first-order chi connectivity index (χ1) is 11.7. The van der Waals surface area contributed by atoms with Gasteiger partial charge in [-0.25, -0.2) is 4.89 Å². The molecule has 0 aliphatic carbocycles. The van der Waals surface area contributed by atoms with Crippen molar-refractivity contribution in [2.24, 2.45) is 0 Å².